The molecule has 0 unspecified atom stereocenters. The van der Waals surface area contributed by atoms with Crippen molar-refractivity contribution in [2.24, 2.45) is 0 Å². The first kappa shape index (κ1) is 21.4. The maximum absolute atomic E-state index is 12.7. The van der Waals surface area contributed by atoms with E-state index in [0.717, 1.165) is 22.9 Å². The smallest absolute Gasteiger partial charge is 0.269 e. The predicted octanol–water partition coefficient (Wildman–Crippen LogP) is 5.87. The summed E-state index contributed by atoms with van der Waals surface area (Å²) in [6, 6.07) is 13.0. The lowest BCUT2D eigenvalue weighted by atomic mass is 10.2. The molecule has 1 aromatic heterocycles. The van der Waals surface area contributed by atoms with Gasteiger partial charge in [0.1, 0.15) is 16.4 Å². The molecule has 0 radical (unpaired) electrons. The Hall–Kier alpha value is -2.35. The lowest BCUT2D eigenvalue weighted by Gasteiger charge is -2.14. The third-order valence-corrected chi connectivity index (χ3v) is 6.02. The molecule has 152 valence electrons. The first-order valence-electron chi connectivity index (χ1n) is 9.13. The van der Waals surface area contributed by atoms with Gasteiger partial charge in [0.25, 0.3) is 5.91 Å². The van der Waals surface area contributed by atoms with Crippen LogP contribution in [0.1, 0.15) is 29.4 Å². The highest BCUT2D eigenvalue weighted by Crippen LogP contribution is 2.37. The van der Waals surface area contributed by atoms with Crippen LogP contribution in [-0.2, 0) is 0 Å². The number of ether oxygens (including phenoxy) is 2. The normalized spacial score (nSPS) is 10.6. The van der Waals surface area contributed by atoms with E-state index in [4.69, 9.17) is 33.3 Å². The number of thiocarbonyl (C=S) groups is 1. The number of fused-ring (bicyclic) bond motifs is 1. The van der Waals surface area contributed by atoms with Gasteiger partial charge in [-0.15, -0.1) is 11.3 Å². The molecule has 0 aliphatic rings. The van der Waals surface area contributed by atoms with Crippen LogP contribution in [0.25, 0.3) is 10.1 Å². The predicted molar refractivity (Wildman–Crippen MR) is 124 cm³/mol. The second-order valence-electron chi connectivity index (χ2n) is 6.21. The maximum atomic E-state index is 12.7. The summed E-state index contributed by atoms with van der Waals surface area (Å²) in [6.07, 6.45) is 2.01. The van der Waals surface area contributed by atoms with Crippen LogP contribution in [-0.4, -0.2) is 24.7 Å². The zero-order valence-electron chi connectivity index (χ0n) is 16.1. The van der Waals surface area contributed by atoms with Crippen LogP contribution in [0, 0.1) is 0 Å². The van der Waals surface area contributed by atoms with E-state index in [1.807, 2.05) is 42.5 Å². The lowest BCUT2D eigenvalue weighted by Crippen LogP contribution is -2.33. The minimum atomic E-state index is -0.364. The molecule has 0 atom stereocenters. The van der Waals surface area contributed by atoms with E-state index >= 15 is 0 Å². The number of rotatable bonds is 7. The van der Waals surface area contributed by atoms with Crippen molar-refractivity contribution in [1.29, 1.82) is 0 Å². The van der Waals surface area contributed by atoms with E-state index in [0.29, 0.717) is 33.7 Å². The molecule has 2 aromatic carbocycles. The average molecular weight is 449 g/mol. The van der Waals surface area contributed by atoms with Crippen molar-refractivity contribution in [2.45, 2.75) is 19.8 Å². The summed E-state index contributed by atoms with van der Waals surface area (Å²) in [5, 5.41) is 7.09. The Morgan fingerprint density at radius 2 is 2.03 bits per heavy atom. The Bertz CT molecular complexity index is 1040. The average Bonchev–Trinajstić information content (AvgIpc) is 3.05. The van der Waals surface area contributed by atoms with Crippen molar-refractivity contribution in [3.63, 3.8) is 0 Å². The highest BCUT2D eigenvalue weighted by atomic mass is 35.5. The van der Waals surface area contributed by atoms with Crippen LogP contribution in [0.2, 0.25) is 5.02 Å². The monoisotopic (exact) mass is 448 g/mol. The SMILES string of the molecule is CCCCOc1ccccc1NC(=S)NC(=O)c1sc2cc(OC)ccc2c1Cl. The molecule has 0 bridgehead atoms. The standard InChI is InChI=1S/C21H21ClN2O3S2/c1-3-4-11-27-16-8-6-5-7-15(16)23-21(28)24-20(25)19-18(22)14-10-9-13(26-2)12-17(14)29-19/h5-10,12H,3-4,11H2,1-2H3,(H2,23,24,25,28). The van der Waals surface area contributed by atoms with Crippen molar-refractivity contribution >= 4 is 61.9 Å². The molecule has 3 rings (SSSR count). The minimum absolute atomic E-state index is 0.174. The summed E-state index contributed by atoms with van der Waals surface area (Å²) in [7, 11) is 1.60. The minimum Gasteiger partial charge on any atom is -0.497 e. The molecule has 0 aliphatic heterocycles. The van der Waals surface area contributed by atoms with Crippen molar-refractivity contribution in [3.05, 3.63) is 52.4 Å². The first-order chi connectivity index (χ1) is 14.0. The van der Waals surface area contributed by atoms with Crippen LogP contribution in [0.5, 0.6) is 11.5 Å². The number of hydrogen-bond acceptors (Lipinski definition) is 5. The van der Waals surface area contributed by atoms with E-state index in [2.05, 4.69) is 17.6 Å². The molecule has 3 aromatic rings. The van der Waals surface area contributed by atoms with Crippen LogP contribution < -0.4 is 20.1 Å². The highest BCUT2D eigenvalue weighted by molar-refractivity contribution is 7.80. The molecule has 8 heteroatoms. The van der Waals surface area contributed by atoms with Crippen LogP contribution >= 0.6 is 35.2 Å². The highest BCUT2D eigenvalue weighted by Gasteiger charge is 2.19. The molecule has 0 saturated carbocycles. The fourth-order valence-corrected chi connectivity index (χ4v) is 4.30. The van der Waals surface area contributed by atoms with Crippen LogP contribution in [0.15, 0.2) is 42.5 Å². The van der Waals surface area contributed by atoms with E-state index in [1.54, 1.807) is 7.11 Å². The number of carbonyl (C=O) groups is 1. The molecule has 1 amide bonds. The molecular weight excluding hydrogens is 428 g/mol. The van der Waals surface area contributed by atoms with E-state index in [-0.39, 0.29) is 11.0 Å². The van der Waals surface area contributed by atoms with Crippen molar-refractivity contribution in [3.8, 4) is 11.5 Å². The summed E-state index contributed by atoms with van der Waals surface area (Å²) in [5.41, 5.74) is 0.695. The zero-order chi connectivity index (χ0) is 20.8. The Morgan fingerprint density at radius 3 is 2.79 bits per heavy atom. The van der Waals surface area contributed by atoms with Gasteiger partial charge in [0.2, 0.25) is 0 Å². The molecule has 0 fully saturated rings. The summed E-state index contributed by atoms with van der Waals surface area (Å²) in [5.74, 6) is 1.03. The Balaban J connectivity index is 1.71. The number of anilines is 1. The van der Waals surface area contributed by atoms with Crippen molar-refractivity contribution < 1.29 is 14.3 Å². The second-order valence-corrected chi connectivity index (χ2v) is 8.05. The summed E-state index contributed by atoms with van der Waals surface area (Å²) < 4.78 is 11.9. The number of benzene rings is 2. The third kappa shape index (κ3) is 5.18. The molecule has 0 spiro atoms. The number of thiophene rings is 1. The van der Waals surface area contributed by atoms with Gasteiger partial charge in [-0.1, -0.05) is 37.1 Å². The Labute approximate surface area is 184 Å². The maximum Gasteiger partial charge on any atom is 0.269 e. The zero-order valence-corrected chi connectivity index (χ0v) is 18.5. The number of para-hydroxylation sites is 2. The number of methoxy groups -OCH3 is 1. The largest absolute Gasteiger partial charge is 0.497 e. The van der Waals surface area contributed by atoms with E-state index in [1.165, 1.54) is 11.3 Å². The lowest BCUT2D eigenvalue weighted by molar-refractivity contribution is 0.0982. The van der Waals surface area contributed by atoms with Gasteiger partial charge in [-0.3, -0.25) is 10.1 Å². The summed E-state index contributed by atoms with van der Waals surface area (Å²) >= 11 is 13.0. The molecule has 1 heterocycles. The van der Waals surface area contributed by atoms with E-state index < -0.39 is 0 Å². The number of unbranched alkanes of at least 4 members (excludes halogenated alkanes) is 1. The summed E-state index contributed by atoms with van der Waals surface area (Å²) in [6.45, 7) is 2.72. The van der Waals surface area contributed by atoms with Gasteiger partial charge >= 0.3 is 0 Å². The van der Waals surface area contributed by atoms with Gasteiger partial charge in [0.15, 0.2) is 5.11 Å². The second kappa shape index (κ2) is 9.91. The van der Waals surface area contributed by atoms with Gasteiger partial charge in [-0.05, 0) is 49.0 Å². The van der Waals surface area contributed by atoms with Gasteiger partial charge in [0, 0.05) is 10.1 Å². The third-order valence-electron chi connectivity index (χ3n) is 4.16. The molecule has 29 heavy (non-hydrogen) atoms. The number of carbonyl (C=O) groups excluding carboxylic acids is 1. The Morgan fingerprint density at radius 1 is 1.24 bits per heavy atom. The topological polar surface area (TPSA) is 59.6 Å². The fourth-order valence-electron chi connectivity index (χ4n) is 2.65. The van der Waals surface area contributed by atoms with Crippen molar-refractivity contribution in [2.75, 3.05) is 19.0 Å². The number of halogens is 1. The van der Waals surface area contributed by atoms with Crippen LogP contribution in [0.3, 0.4) is 0 Å². The number of nitrogens with one attached hydrogen (secondary N) is 2. The van der Waals surface area contributed by atoms with Gasteiger partial charge in [-0.25, -0.2) is 0 Å². The van der Waals surface area contributed by atoms with Gasteiger partial charge in [0.05, 0.1) is 24.4 Å². The molecule has 0 aliphatic carbocycles. The van der Waals surface area contributed by atoms with E-state index in [9.17, 15) is 4.79 Å². The molecular formula is C21H21ClN2O3S2. The van der Waals surface area contributed by atoms with Crippen LogP contribution in [0.4, 0.5) is 5.69 Å². The molecule has 2 N–H and O–H groups in total. The quantitative estimate of drug-likeness (QED) is 0.349. The molecule has 5 nitrogen and oxygen atoms in total. The Kier molecular flexibility index (Phi) is 7.30. The van der Waals surface area contributed by atoms with Gasteiger partial charge < -0.3 is 14.8 Å². The fraction of sp³-hybridized carbons (Fsp3) is 0.238. The summed E-state index contributed by atoms with van der Waals surface area (Å²) in [4.78, 5) is 13.1. The number of amides is 1. The van der Waals surface area contributed by atoms with Crippen molar-refractivity contribution in [1.82, 2.24) is 5.32 Å². The first-order valence-corrected chi connectivity index (χ1v) is 10.7. The van der Waals surface area contributed by atoms with Gasteiger partial charge in [-0.2, -0.15) is 0 Å². The number of hydrogen-bond donors (Lipinski definition) is 2. The molecule has 0 saturated heterocycles.